The van der Waals surface area contributed by atoms with Crippen LogP contribution in [0.15, 0.2) is 34.8 Å². The summed E-state index contributed by atoms with van der Waals surface area (Å²) in [5.41, 5.74) is 0.736. The van der Waals surface area contributed by atoms with E-state index in [0.29, 0.717) is 4.48 Å². The zero-order valence-corrected chi connectivity index (χ0v) is 10.2. The molecular weight excluding hydrogens is 258 g/mol. The summed E-state index contributed by atoms with van der Waals surface area (Å²) in [5.74, 6) is 0.598. The molecule has 0 aromatic heterocycles. The first-order valence-corrected chi connectivity index (χ1v) is 5.24. The molecule has 0 aliphatic heterocycles. The van der Waals surface area contributed by atoms with Crippen molar-refractivity contribution in [2.75, 3.05) is 12.4 Å². The number of halogens is 1. The summed E-state index contributed by atoms with van der Waals surface area (Å²) in [7, 11) is 1.60. The average molecular weight is 270 g/mol. The van der Waals surface area contributed by atoms with Crippen LogP contribution in [0, 0.1) is 0 Å². The molecule has 0 bridgehead atoms. The molecule has 0 atom stereocenters. The Morgan fingerprint density at radius 3 is 2.47 bits per heavy atom. The highest BCUT2D eigenvalue weighted by atomic mass is 79.9. The molecule has 0 fully saturated rings. The lowest BCUT2D eigenvalue weighted by Gasteiger charge is -2.05. The predicted octanol–water partition coefficient (Wildman–Crippen LogP) is 2.93. The molecule has 1 aromatic carbocycles. The normalized spacial score (nSPS) is 11.0. The van der Waals surface area contributed by atoms with Crippen LogP contribution >= 0.6 is 15.9 Å². The summed E-state index contributed by atoms with van der Waals surface area (Å²) >= 11 is 3.15. The SMILES string of the molecule is C/C=C(\Br)C(=O)Nc1ccc(OC)cc1. The third-order valence-corrected chi connectivity index (χ3v) is 2.64. The van der Waals surface area contributed by atoms with Crippen LogP contribution in [0.2, 0.25) is 0 Å². The van der Waals surface area contributed by atoms with Crippen LogP contribution in [-0.2, 0) is 4.79 Å². The van der Waals surface area contributed by atoms with Gasteiger partial charge in [-0.3, -0.25) is 4.79 Å². The minimum absolute atomic E-state index is 0.164. The summed E-state index contributed by atoms with van der Waals surface area (Å²) in [5, 5.41) is 2.73. The molecule has 80 valence electrons. The molecule has 1 N–H and O–H groups in total. The first-order chi connectivity index (χ1) is 7.17. The highest BCUT2D eigenvalue weighted by molar-refractivity contribution is 9.12. The van der Waals surface area contributed by atoms with Crippen molar-refractivity contribution in [1.29, 1.82) is 0 Å². The smallest absolute Gasteiger partial charge is 0.262 e. The number of hydrogen-bond acceptors (Lipinski definition) is 2. The number of nitrogens with one attached hydrogen (secondary N) is 1. The van der Waals surface area contributed by atoms with Crippen LogP contribution in [0.1, 0.15) is 6.92 Å². The topological polar surface area (TPSA) is 38.3 Å². The molecule has 0 saturated carbocycles. The van der Waals surface area contributed by atoms with Crippen LogP contribution < -0.4 is 10.1 Å². The molecule has 0 saturated heterocycles. The van der Waals surface area contributed by atoms with Gasteiger partial charge in [0.2, 0.25) is 0 Å². The van der Waals surface area contributed by atoms with E-state index in [1.54, 1.807) is 44.4 Å². The summed E-state index contributed by atoms with van der Waals surface area (Å²) in [6.45, 7) is 1.79. The monoisotopic (exact) mass is 269 g/mol. The number of carbonyl (C=O) groups is 1. The fourth-order valence-electron chi connectivity index (χ4n) is 0.996. The van der Waals surface area contributed by atoms with Crippen molar-refractivity contribution in [2.45, 2.75) is 6.92 Å². The lowest BCUT2D eigenvalue weighted by atomic mass is 10.3. The fourth-order valence-corrected chi connectivity index (χ4v) is 1.10. The van der Waals surface area contributed by atoms with Gasteiger partial charge in [-0.05, 0) is 47.1 Å². The Labute approximate surface area is 97.3 Å². The van der Waals surface area contributed by atoms with E-state index in [0.717, 1.165) is 11.4 Å². The number of amides is 1. The van der Waals surface area contributed by atoms with Crippen LogP contribution in [-0.4, -0.2) is 13.0 Å². The van der Waals surface area contributed by atoms with Gasteiger partial charge in [-0.15, -0.1) is 0 Å². The van der Waals surface area contributed by atoms with E-state index in [4.69, 9.17) is 4.74 Å². The van der Waals surface area contributed by atoms with Gasteiger partial charge in [0.15, 0.2) is 0 Å². The Kier molecular flexibility index (Phi) is 4.37. The predicted molar refractivity (Wildman–Crippen MR) is 64.3 cm³/mol. The second-order valence-corrected chi connectivity index (χ2v) is 3.67. The van der Waals surface area contributed by atoms with Crippen LogP contribution in [0.4, 0.5) is 5.69 Å². The van der Waals surface area contributed by atoms with Crippen molar-refractivity contribution in [3.8, 4) is 5.75 Å². The van der Waals surface area contributed by atoms with Gasteiger partial charge >= 0.3 is 0 Å². The molecule has 0 unspecified atom stereocenters. The molecule has 4 heteroatoms. The van der Waals surface area contributed by atoms with Crippen molar-refractivity contribution in [3.05, 3.63) is 34.8 Å². The number of benzene rings is 1. The third kappa shape index (κ3) is 3.40. The van der Waals surface area contributed by atoms with Gasteiger partial charge in [-0.2, -0.15) is 0 Å². The quantitative estimate of drug-likeness (QED) is 0.857. The number of allylic oxidation sites excluding steroid dienone is 1. The Morgan fingerprint density at radius 1 is 1.40 bits per heavy atom. The van der Waals surface area contributed by atoms with Gasteiger partial charge in [-0.1, -0.05) is 6.08 Å². The Balaban J connectivity index is 2.69. The standard InChI is InChI=1S/C11H12BrNO2/c1-3-10(12)11(14)13-8-4-6-9(15-2)7-5-8/h3-7H,1-2H3,(H,13,14)/b10-3-. The zero-order valence-electron chi connectivity index (χ0n) is 8.58. The van der Waals surface area contributed by atoms with E-state index in [1.807, 2.05) is 0 Å². The van der Waals surface area contributed by atoms with Gasteiger partial charge in [0.1, 0.15) is 5.75 Å². The minimum Gasteiger partial charge on any atom is -0.497 e. The maximum atomic E-state index is 11.4. The average Bonchev–Trinajstić information content (AvgIpc) is 2.29. The second-order valence-electron chi connectivity index (χ2n) is 2.82. The van der Waals surface area contributed by atoms with Gasteiger partial charge in [0.25, 0.3) is 5.91 Å². The number of hydrogen-bond donors (Lipinski definition) is 1. The van der Waals surface area contributed by atoms with Crippen molar-refractivity contribution < 1.29 is 9.53 Å². The number of ether oxygens (including phenoxy) is 1. The van der Waals surface area contributed by atoms with E-state index < -0.39 is 0 Å². The highest BCUT2D eigenvalue weighted by Crippen LogP contribution is 2.16. The molecule has 0 aliphatic rings. The summed E-state index contributed by atoms with van der Waals surface area (Å²) < 4.78 is 5.52. The first kappa shape index (κ1) is 11.8. The van der Waals surface area contributed by atoms with E-state index in [2.05, 4.69) is 21.2 Å². The molecule has 0 spiro atoms. The van der Waals surface area contributed by atoms with Crippen LogP contribution in [0.3, 0.4) is 0 Å². The molecule has 3 nitrogen and oxygen atoms in total. The van der Waals surface area contributed by atoms with E-state index in [9.17, 15) is 4.79 Å². The van der Waals surface area contributed by atoms with Crippen molar-refractivity contribution >= 4 is 27.5 Å². The third-order valence-electron chi connectivity index (χ3n) is 1.82. The number of methoxy groups -OCH3 is 1. The van der Waals surface area contributed by atoms with Gasteiger partial charge in [-0.25, -0.2) is 0 Å². The molecule has 0 heterocycles. The summed E-state index contributed by atoms with van der Waals surface area (Å²) in [6.07, 6.45) is 1.69. The minimum atomic E-state index is -0.164. The van der Waals surface area contributed by atoms with Gasteiger partial charge in [0.05, 0.1) is 11.6 Å². The number of anilines is 1. The Hall–Kier alpha value is -1.29. The fraction of sp³-hybridized carbons (Fsp3) is 0.182. The Bertz CT molecular complexity index is 371. The molecule has 1 rings (SSSR count). The largest absolute Gasteiger partial charge is 0.497 e. The first-order valence-electron chi connectivity index (χ1n) is 4.44. The molecule has 1 amide bonds. The molecule has 0 aliphatic carbocycles. The molecule has 15 heavy (non-hydrogen) atoms. The van der Waals surface area contributed by atoms with Crippen LogP contribution in [0.5, 0.6) is 5.75 Å². The lowest BCUT2D eigenvalue weighted by molar-refractivity contribution is -0.112. The number of carbonyl (C=O) groups excluding carboxylic acids is 1. The maximum absolute atomic E-state index is 11.4. The summed E-state index contributed by atoms with van der Waals surface area (Å²) in [6, 6.07) is 7.15. The van der Waals surface area contributed by atoms with Crippen molar-refractivity contribution in [2.24, 2.45) is 0 Å². The molecular formula is C11H12BrNO2. The van der Waals surface area contributed by atoms with Gasteiger partial charge < -0.3 is 10.1 Å². The van der Waals surface area contributed by atoms with Gasteiger partial charge in [0, 0.05) is 5.69 Å². The van der Waals surface area contributed by atoms with Crippen LogP contribution in [0.25, 0.3) is 0 Å². The van der Waals surface area contributed by atoms with Crippen molar-refractivity contribution in [3.63, 3.8) is 0 Å². The Morgan fingerprint density at radius 2 is 2.00 bits per heavy atom. The lowest BCUT2D eigenvalue weighted by Crippen LogP contribution is -2.10. The van der Waals surface area contributed by atoms with E-state index in [-0.39, 0.29) is 5.91 Å². The number of rotatable bonds is 3. The zero-order chi connectivity index (χ0) is 11.3. The molecule has 1 aromatic rings. The summed E-state index contributed by atoms with van der Waals surface area (Å²) in [4.78, 5) is 11.4. The molecule has 0 radical (unpaired) electrons. The van der Waals surface area contributed by atoms with Crippen molar-refractivity contribution in [1.82, 2.24) is 0 Å². The highest BCUT2D eigenvalue weighted by Gasteiger charge is 2.04. The van der Waals surface area contributed by atoms with E-state index >= 15 is 0 Å². The van der Waals surface area contributed by atoms with E-state index in [1.165, 1.54) is 0 Å². The maximum Gasteiger partial charge on any atom is 0.262 e. The second kappa shape index (κ2) is 5.56.